The number of hydrogen-bond donors (Lipinski definition) is 0. The molecule has 0 spiro atoms. The highest BCUT2D eigenvalue weighted by atomic mass is 35.5. The fourth-order valence-electron chi connectivity index (χ4n) is 1.85. The van der Waals surface area contributed by atoms with Gasteiger partial charge in [-0.05, 0) is 25.1 Å². The Balaban J connectivity index is 2.07. The van der Waals surface area contributed by atoms with Crippen LogP contribution in [0, 0.1) is 18.8 Å². The summed E-state index contributed by atoms with van der Waals surface area (Å²) < 4.78 is 11.0. The fraction of sp³-hybridized carbons (Fsp3) is 0.235. The van der Waals surface area contributed by atoms with Crippen LogP contribution in [-0.2, 0) is 6.61 Å². The summed E-state index contributed by atoms with van der Waals surface area (Å²) in [7, 11) is 1.64. The van der Waals surface area contributed by atoms with Crippen molar-refractivity contribution < 1.29 is 9.47 Å². The van der Waals surface area contributed by atoms with E-state index in [9.17, 15) is 0 Å². The third kappa shape index (κ3) is 4.70. The van der Waals surface area contributed by atoms with Crippen LogP contribution < -0.4 is 9.47 Å². The van der Waals surface area contributed by atoms with Crippen molar-refractivity contribution in [1.29, 1.82) is 0 Å². The summed E-state index contributed by atoms with van der Waals surface area (Å²) in [6.45, 7) is 2.30. The van der Waals surface area contributed by atoms with Gasteiger partial charge in [-0.2, -0.15) is 0 Å². The van der Waals surface area contributed by atoms with Gasteiger partial charge < -0.3 is 9.47 Å². The van der Waals surface area contributed by atoms with Crippen molar-refractivity contribution in [3.63, 3.8) is 0 Å². The van der Waals surface area contributed by atoms with Crippen LogP contribution >= 0.6 is 11.6 Å². The molecular weight excluding hydrogens is 286 g/mol. The van der Waals surface area contributed by atoms with Crippen LogP contribution in [0.3, 0.4) is 0 Å². The Morgan fingerprint density at radius 1 is 1.19 bits per heavy atom. The first-order valence-corrected chi connectivity index (χ1v) is 7.04. The van der Waals surface area contributed by atoms with Crippen LogP contribution in [0.4, 0.5) is 0 Å². The van der Waals surface area contributed by atoms with Gasteiger partial charge in [0.25, 0.3) is 0 Å². The minimum Gasteiger partial charge on any atom is -0.497 e. The molecule has 21 heavy (non-hydrogen) atoms. The molecule has 108 valence electrons. The first kappa shape index (κ1) is 15.2. The summed E-state index contributed by atoms with van der Waals surface area (Å²) >= 11 is 5.55. The van der Waals surface area contributed by atoms with E-state index in [0.717, 1.165) is 28.5 Å². The lowest BCUT2D eigenvalue weighted by atomic mass is 10.2. The molecule has 0 radical (unpaired) electrons. The van der Waals surface area contributed by atoms with Gasteiger partial charge in [0, 0.05) is 23.4 Å². The lowest BCUT2D eigenvalue weighted by Gasteiger charge is -2.08. The minimum absolute atomic E-state index is 0.318. The maximum atomic E-state index is 5.75. The summed E-state index contributed by atoms with van der Waals surface area (Å²) in [5.41, 5.74) is 2.60. The molecule has 1 aromatic carbocycles. The highest BCUT2D eigenvalue weighted by Gasteiger charge is 2.02. The van der Waals surface area contributed by atoms with Crippen molar-refractivity contribution in [2.75, 3.05) is 13.0 Å². The van der Waals surface area contributed by atoms with Crippen molar-refractivity contribution in [3.8, 4) is 23.3 Å². The molecule has 1 aromatic heterocycles. The molecule has 0 aliphatic carbocycles. The van der Waals surface area contributed by atoms with Crippen LogP contribution in [0.25, 0.3) is 0 Å². The minimum atomic E-state index is 0.318. The lowest BCUT2D eigenvalue weighted by molar-refractivity contribution is 0.299. The normalized spacial score (nSPS) is 9.67. The topological polar surface area (TPSA) is 31.4 Å². The van der Waals surface area contributed by atoms with E-state index in [4.69, 9.17) is 21.1 Å². The predicted molar refractivity (Wildman–Crippen MR) is 83.9 cm³/mol. The van der Waals surface area contributed by atoms with Gasteiger partial charge in [0.2, 0.25) is 0 Å². The number of aromatic nitrogens is 1. The summed E-state index contributed by atoms with van der Waals surface area (Å²) in [6, 6.07) is 11.3. The van der Waals surface area contributed by atoms with E-state index in [1.54, 1.807) is 7.11 Å². The molecular formula is C17H16ClNO2. The summed E-state index contributed by atoms with van der Waals surface area (Å²) in [4.78, 5) is 4.42. The van der Waals surface area contributed by atoms with E-state index in [-0.39, 0.29) is 0 Å². The molecule has 2 aromatic rings. The van der Waals surface area contributed by atoms with Crippen molar-refractivity contribution in [1.82, 2.24) is 4.98 Å². The molecule has 0 saturated heterocycles. The van der Waals surface area contributed by atoms with Crippen LogP contribution in [-0.4, -0.2) is 18.0 Å². The summed E-state index contributed by atoms with van der Waals surface area (Å²) in [5, 5.41) is 0. The Bertz CT molecular complexity index is 674. The highest BCUT2D eigenvalue weighted by molar-refractivity contribution is 6.19. The van der Waals surface area contributed by atoms with Crippen molar-refractivity contribution in [3.05, 3.63) is 53.3 Å². The second-order valence-electron chi connectivity index (χ2n) is 4.39. The van der Waals surface area contributed by atoms with Gasteiger partial charge in [-0.1, -0.05) is 17.9 Å². The Morgan fingerprint density at radius 3 is 2.81 bits per heavy atom. The average Bonchev–Trinajstić information content (AvgIpc) is 2.51. The molecule has 1 heterocycles. The molecule has 4 heteroatoms. The zero-order valence-electron chi connectivity index (χ0n) is 12.0. The zero-order valence-corrected chi connectivity index (χ0v) is 12.8. The number of alkyl halides is 1. The zero-order chi connectivity index (χ0) is 15.1. The van der Waals surface area contributed by atoms with E-state index in [1.165, 1.54) is 0 Å². The Labute approximate surface area is 129 Å². The predicted octanol–water partition coefficient (Wildman–Crippen LogP) is 3.57. The third-order valence-electron chi connectivity index (χ3n) is 2.74. The van der Waals surface area contributed by atoms with Gasteiger partial charge in [0.15, 0.2) is 0 Å². The molecule has 0 fully saturated rings. The molecule has 0 unspecified atom stereocenters. The molecule has 0 amide bonds. The number of benzene rings is 1. The maximum absolute atomic E-state index is 5.75. The van der Waals surface area contributed by atoms with Gasteiger partial charge >= 0.3 is 0 Å². The first-order valence-electron chi connectivity index (χ1n) is 6.50. The van der Waals surface area contributed by atoms with E-state index in [0.29, 0.717) is 12.5 Å². The lowest BCUT2D eigenvalue weighted by Crippen LogP contribution is -2.00. The second-order valence-corrected chi connectivity index (χ2v) is 4.66. The number of nitrogens with zero attached hydrogens (tertiary/aromatic N) is 1. The molecule has 0 atom stereocenters. The molecule has 3 nitrogen and oxygen atoms in total. The monoisotopic (exact) mass is 301 g/mol. The van der Waals surface area contributed by atoms with Gasteiger partial charge in [0.1, 0.15) is 18.1 Å². The van der Waals surface area contributed by atoms with Crippen LogP contribution in [0.15, 0.2) is 36.4 Å². The fourth-order valence-corrected chi connectivity index (χ4v) is 1.92. The van der Waals surface area contributed by atoms with Gasteiger partial charge in [-0.15, -0.1) is 11.6 Å². The van der Waals surface area contributed by atoms with E-state index < -0.39 is 0 Å². The summed E-state index contributed by atoms with van der Waals surface area (Å²) in [6.07, 6.45) is 0. The maximum Gasteiger partial charge on any atom is 0.130 e. The largest absolute Gasteiger partial charge is 0.497 e. The van der Waals surface area contributed by atoms with Crippen LogP contribution in [0.5, 0.6) is 11.5 Å². The average molecular weight is 302 g/mol. The van der Waals surface area contributed by atoms with E-state index in [2.05, 4.69) is 16.8 Å². The van der Waals surface area contributed by atoms with Gasteiger partial charge in [-0.3, -0.25) is 4.98 Å². The van der Waals surface area contributed by atoms with Gasteiger partial charge in [-0.25, -0.2) is 0 Å². The Kier molecular flexibility index (Phi) is 5.48. The standard InChI is InChI=1S/C17H16ClNO2/c1-13-9-17(20-2)11-15(19-13)12-21-16-7-3-5-14(10-16)6-4-8-18/h3,5,7,9-11H,8,12H2,1-2H3. The molecule has 0 bridgehead atoms. The van der Waals surface area contributed by atoms with Crippen molar-refractivity contribution in [2.24, 2.45) is 0 Å². The number of ether oxygens (including phenoxy) is 2. The molecule has 0 aliphatic rings. The Hall–Kier alpha value is -2.18. The van der Waals surface area contributed by atoms with Crippen molar-refractivity contribution >= 4 is 11.6 Å². The van der Waals surface area contributed by atoms with Crippen LogP contribution in [0.1, 0.15) is 17.0 Å². The molecule has 0 saturated carbocycles. The smallest absolute Gasteiger partial charge is 0.130 e. The Morgan fingerprint density at radius 2 is 2.05 bits per heavy atom. The number of pyridine rings is 1. The first-order chi connectivity index (χ1) is 10.2. The van der Waals surface area contributed by atoms with Crippen molar-refractivity contribution in [2.45, 2.75) is 13.5 Å². The van der Waals surface area contributed by atoms with Gasteiger partial charge in [0.05, 0.1) is 18.7 Å². The summed E-state index contributed by atoms with van der Waals surface area (Å²) in [5.74, 6) is 7.63. The van der Waals surface area contributed by atoms with Crippen LogP contribution in [0.2, 0.25) is 0 Å². The molecule has 0 aliphatic heterocycles. The number of methoxy groups -OCH3 is 1. The second kappa shape index (κ2) is 7.56. The number of rotatable bonds is 4. The third-order valence-corrected chi connectivity index (χ3v) is 2.87. The molecule has 2 rings (SSSR count). The van der Waals surface area contributed by atoms with E-state index in [1.807, 2.05) is 43.3 Å². The van der Waals surface area contributed by atoms with E-state index >= 15 is 0 Å². The highest BCUT2D eigenvalue weighted by Crippen LogP contribution is 2.17. The number of aryl methyl sites for hydroxylation is 1. The number of halogens is 1. The SMILES string of the molecule is COc1cc(C)nc(COc2cccc(C#CCCl)c2)c1. The molecule has 0 N–H and O–H groups in total. The quantitative estimate of drug-likeness (QED) is 0.639. The number of hydrogen-bond acceptors (Lipinski definition) is 3.